The SMILES string of the molecule is Cc1cc(N)nc2c(O)ccc([N+](=O)[O-])c12. The van der Waals surface area contributed by atoms with Crippen LogP contribution < -0.4 is 5.73 Å². The fraction of sp³-hybridized carbons (Fsp3) is 0.100. The molecular formula is C10H9N3O3. The molecule has 0 spiro atoms. The van der Waals surface area contributed by atoms with Gasteiger partial charge < -0.3 is 10.8 Å². The number of phenolic OH excluding ortho intramolecular Hbond substituents is 1. The number of fused-ring (bicyclic) bond motifs is 1. The maximum atomic E-state index is 10.8. The van der Waals surface area contributed by atoms with Gasteiger partial charge in [-0.15, -0.1) is 0 Å². The fourth-order valence-electron chi connectivity index (χ4n) is 1.68. The summed E-state index contributed by atoms with van der Waals surface area (Å²) in [5.41, 5.74) is 6.22. The maximum Gasteiger partial charge on any atom is 0.279 e. The molecule has 1 heterocycles. The van der Waals surface area contributed by atoms with Gasteiger partial charge in [-0.25, -0.2) is 4.98 Å². The molecule has 0 fully saturated rings. The zero-order chi connectivity index (χ0) is 11.9. The van der Waals surface area contributed by atoms with Crippen molar-refractivity contribution in [2.75, 3.05) is 5.73 Å². The molecule has 6 heteroatoms. The molecule has 0 amide bonds. The normalized spacial score (nSPS) is 10.6. The average Bonchev–Trinajstić information content (AvgIpc) is 2.19. The Kier molecular flexibility index (Phi) is 2.12. The van der Waals surface area contributed by atoms with E-state index in [4.69, 9.17) is 5.73 Å². The van der Waals surface area contributed by atoms with Gasteiger partial charge in [0.1, 0.15) is 17.1 Å². The van der Waals surface area contributed by atoms with Crippen LogP contribution in [0.4, 0.5) is 11.5 Å². The molecular weight excluding hydrogens is 210 g/mol. The lowest BCUT2D eigenvalue weighted by molar-refractivity contribution is -0.383. The number of aromatic nitrogens is 1. The number of nitrogens with zero attached hydrogens (tertiary/aromatic N) is 2. The summed E-state index contributed by atoms with van der Waals surface area (Å²) < 4.78 is 0. The molecule has 6 nitrogen and oxygen atoms in total. The summed E-state index contributed by atoms with van der Waals surface area (Å²) in [6.45, 7) is 1.69. The van der Waals surface area contributed by atoms with Gasteiger partial charge in [-0.2, -0.15) is 0 Å². The molecule has 2 aromatic rings. The van der Waals surface area contributed by atoms with Crippen molar-refractivity contribution in [3.63, 3.8) is 0 Å². The van der Waals surface area contributed by atoms with Crippen molar-refractivity contribution in [1.29, 1.82) is 0 Å². The number of nitro groups is 1. The number of hydrogen-bond donors (Lipinski definition) is 2. The van der Waals surface area contributed by atoms with Gasteiger partial charge in [0.2, 0.25) is 0 Å². The second-order valence-electron chi connectivity index (χ2n) is 3.45. The third-order valence-corrected chi connectivity index (χ3v) is 2.33. The van der Waals surface area contributed by atoms with Crippen LogP contribution >= 0.6 is 0 Å². The Labute approximate surface area is 90.5 Å². The highest BCUT2D eigenvalue weighted by Gasteiger charge is 2.17. The van der Waals surface area contributed by atoms with E-state index in [1.807, 2.05) is 0 Å². The van der Waals surface area contributed by atoms with Crippen molar-refractivity contribution in [3.05, 3.63) is 33.9 Å². The lowest BCUT2D eigenvalue weighted by atomic mass is 10.1. The number of nitrogens with two attached hydrogens (primary N) is 1. The van der Waals surface area contributed by atoms with Crippen molar-refractivity contribution >= 4 is 22.4 Å². The monoisotopic (exact) mass is 219 g/mol. The van der Waals surface area contributed by atoms with Crippen LogP contribution in [-0.4, -0.2) is 15.0 Å². The molecule has 82 valence electrons. The van der Waals surface area contributed by atoms with Gasteiger partial charge in [0.25, 0.3) is 5.69 Å². The number of anilines is 1. The first-order valence-corrected chi connectivity index (χ1v) is 4.54. The molecule has 0 radical (unpaired) electrons. The quantitative estimate of drug-likeness (QED) is 0.561. The van der Waals surface area contributed by atoms with E-state index in [9.17, 15) is 15.2 Å². The van der Waals surface area contributed by atoms with Gasteiger partial charge in [0.15, 0.2) is 0 Å². The number of hydrogen-bond acceptors (Lipinski definition) is 5. The molecule has 0 saturated carbocycles. The van der Waals surface area contributed by atoms with Crippen LogP contribution in [0.1, 0.15) is 5.56 Å². The molecule has 0 aliphatic carbocycles. The molecule has 0 bridgehead atoms. The van der Waals surface area contributed by atoms with E-state index in [1.54, 1.807) is 6.92 Å². The zero-order valence-corrected chi connectivity index (χ0v) is 8.47. The summed E-state index contributed by atoms with van der Waals surface area (Å²) in [5, 5.41) is 20.7. The third kappa shape index (κ3) is 1.40. The zero-order valence-electron chi connectivity index (χ0n) is 8.47. The molecule has 0 aliphatic rings. The second-order valence-corrected chi connectivity index (χ2v) is 3.45. The van der Waals surface area contributed by atoms with E-state index in [2.05, 4.69) is 4.98 Å². The minimum absolute atomic E-state index is 0.0854. The Bertz CT molecular complexity index is 595. The number of rotatable bonds is 1. The van der Waals surface area contributed by atoms with E-state index < -0.39 is 4.92 Å². The number of phenols is 1. The van der Waals surface area contributed by atoms with Crippen molar-refractivity contribution in [3.8, 4) is 5.75 Å². The maximum absolute atomic E-state index is 10.8. The number of benzene rings is 1. The predicted molar refractivity (Wildman–Crippen MR) is 59.2 cm³/mol. The summed E-state index contributed by atoms with van der Waals surface area (Å²) in [7, 11) is 0. The Morgan fingerprint density at radius 2 is 2.19 bits per heavy atom. The highest BCUT2D eigenvalue weighted by Crippen LogP contribution is 2.33. The minimum Gasteiger partial charge on any atom is -0.506 e. The number of non-ortho nitro benzene ring substituents is 1. The van der Waals surface area contributed by atoms with E-state index >= 15 is 0 Å². The van der Waals surface area contributed by atoms with E-state index in [1.165, 1.54) is 18.2 Å². The van der Waals surface area contributed by atoms with Crippen LogP contribution in [0.2, 0.25) is 0 Å². The van der Waals surface area contributed by atoms with Crippen molar-refractivity contribution in [2.45, 2.75) is 6.92 Å². The van der Waals surface area contributed by atoms with Crippen LogP contribution in [0.15, 0.2) is 18.2 Å². The van der Waals surface area contributed by atoms with Gasteiger partial charge >= 0.3 is 0 Å². The largest absolute Gasteiger partial charge is 0.506 e. The van der Waals surface area contributed by atoms with Gasteiger partial charge in [-0.3, -0.25) is 10.1 Å². The molecule has 16 heavy (non-hydrogen) atoms. The molecule has 0 atom stereocenters. The number of nitrogen functional groups attached to an aromatic ring is 1. The predicted octanol–water partition coefficient (Wildman–Crippen LogP) is 1.74. The smallest absolute Gasteiger partial charge is 0.279 e. The Morgan fingerprint density at radius 3 is 2.81 bits per heavy atom. The number of aromatic hydroxyl groups is 1. The molecule has 0 aliphatic heterocycles. The molecule has 1 aromatic heterocycles. The van der Waals surface area contributed by atoms with Crippen molar-refractivity contribution < 1.29 is 10.0 Å². The van der Waals surface area contributed by atoms with Crippen LogP contribution in [0, 0.1) is 17.0 Å². The molecule has 1 aromatic carbocycles. The lowest BCUT2D eigenvalue weighted by Crippen LogP contribution is -1.96. The van der Waals surface area contributed by atoms with Gasteiger partial charge in [-0.1, -0.05) is 0 Å². The first-order chi connectivity index (χ1) is 7.50. The number of nitro benzene ring substituents is 1. The molecule has 2 rings (SSSR count). The summed E-state index contributed by atoms with van der Waals surface area (Å²) >= 11 is 0. The van der Waals surface area contributed by atoms with Crippen molar-refractivity contribution in [2.24, 2.45) is 0 Å². The minimum atomic E-state index is -0.507. The van der Waals surface area contributed by atoms with Crippen LogP contribution in [0.25, 0.3) is 10.9 Å². The standard InChI is InChI=1S/C10H9N3O3/c1-5-4-8(11)12-10-7(14)3-2-6(9(5)10)13(15)16/h2-4,14H,1H3,(H2,11,12). The third-order valence-electron chi connectivity index (χ3n) is 2.33. The van der Waals surface area contributed by atoms with Crippen LogP contribution in [0.5, 0.6) is 5.75 Å². The second kappa shape index (κ2) is 3.34. The van der Waals surface area contributed by atoms with E-state index in [0.717, 1.165) is 0 Å². The van der Waals surface area contributed by atoms with E-state index in [0.29, 0.717) is 10.9 Å². The van der Waals surface area contributed by atoms with Crippen LogP contribution in [0.3, 0.4) is 0 Å². The first kappa shape index (κ1) is 10.2. The Hall–Kier alpha value is -2.37. The number of pyridine rings is 1. The molecule has 0 saturated heterocycles. The number of aryl methyl sites for hydroxylation is 1. The highest BCUT2D eigenvalue weighted by molar-refractivity contribution is 5.95. The molecule has 3 N–H and O–H groups in total. The fourth-order valence-corrected chi connectivity index (χ4v) is 1.68. The van der Waals surface area contributed by atoms with Gasteiger partial charge in [0.05, 0.1) is 10.3 Å². The van der Waals surface area contributed by atoms with E-state index in [-0.39, 0.29) is 22.8 Å². The van der Waals surface area contributed by atoms with Crippen LogP contribution in [-0.2, 0) is 0 Å². The van der Waals surface area contributed by atoms with Crippen molar-refractivity contribution in [1.82, 2.24) is 4.98 Å². The van der Waals surface area contributed by atoms with Gasteiger partial charge in [0, 0.05) is 6.07 Å². The topological polar surface area (TPSA) is 102 Å². The summed E-state index contributed by atoms with van der Waals surface area (Å²) in [6, 6.07) is 4.03. The summed E-state index contributed by atoms with van der Waals surface area (Å²) in [4.78, 5) is 14.2. The summed E-state index contributed by atoms with van der Waals surface area (Å²) in [5.74, 6) is 0.108. The lowest BCUT2D eigenvalue weighted by Gasteiger charge is -2.05. The molecule has 0 unspecified atom stereocenters. The average molecular weight is 219 g/mol. The highest BCUT2D eigenvalue weighted by atomic mass is 16.6. The summed E-state index contributed by atoms with van der Waals surface area (Å²) in [6.07, 6.45) is 0. The first-order valence-electron chi connectivity index (χ1n) is 4.54. The Balaban J connectivity index is 2.98. The van der Waals surface area contributed by atoms with Gasteiger partial charge in [-0.05, 0) is 24.6 Å². The Morgan fingerprint density at radius 1 is 1.50 bits per heavy atom.